The van der Waals surface area contributed by atoms with Crippen LogP contribution < -0.4 is 9.62 Å². The summed E-state index contributed by atoms with van der Waals surface area (Å²) in [6, 6.07) is 17.5. The zero-order valence-corrected chi connectivity index (χ0v) is 24.1. The fourth-order valence-electron chi connectivity index (χ4n) is 4.26. The third-order valence-corrected chi connectivity index (χ3v) is 8.60. The van der Waals surface area contributed by atoms with Gasteiger partial charge in [0.2, 0.25) is 11.8 Å². The molecule has 7 nitrogen and oxygen atoms in total. The molecule has 0 bridgehead atoms. The predicted molar refractivity (Wildman–Crippen MR) is 152 cm³/mol. The SMILES string of the molecule is CCC(C(=O)NC)N(Cc1ccc(Cl)c(Cl)c1)C(=O)CN(c1cc(C)cc(C)c1)S(=O)(=O)c1ccccc1. The highest BCUT2D eigenvalue weighted by atomic mass is 35.5. The van der Waals surface area contributed by atoms with Crippen LogP contribution in [-0.2, 0) is 26.2 Å². The van der Waals surface area contributed by atoms with Gasteiger partial charge in [0.15, 0.2) is 0 Å². The lowest BCUT2D eigenvalue weighted by Crippen LogP contribution is -2.51. The van der Waals surface area contributed by atoms with Gasteiger partial charge in [0.1, 0.15) is 12.6 Å². The third kappa shape index (κ3) is 6.87. The highest BCUT2D eigenvalue weighted by Crippen LogP contribution is 2.28. The molecule has 0 saturated heterocycles. The van der Waals surface area contributed by atoms with Gasteiger partial charge in [-0.25, -0.2) is 8.42 Å². The first-order valence-electron chi connectivity index (χ1n) is 12.1. The molecule has 0 spiro atoms. The fourth-order valence-corrected chi connectivity index (χ4v) is 6.00. The smallest absolute Gasteiger partial charge is 0.264 e. The molecule has 0 aliphatic carbocycles. The molecule has 38 heavy (non-hydrogen) atoms. The zero-order chi connectivity index (χ0) is 28.0. The number of aryl methyl sites for hydroxylation is 2. The van der Waals surface area contributed by atoms with Crippen LogP contribution in [0.25, 0.3) is 0 Å². The summed E-state index contributed by atoms with van der Waals surface area (Å²) in [5, 5.41) is 3.28. The molecule has 0 saturated carbocycles. The van der Waals surface area contributed by atoms with Crippen LogP contribution >= 0.6 is 23.2 Å². The van der Waals surface area contributed by atoms with E-state index in [1.165, 1.54) is 24.1 Å². The summed E-state index contributed by atoms with van der Waals surface area (Å²) in [6.45, 7) is 5.04. The number of nitrogens with zero attached hydrogens (tertiary/aromatic N) is 2. The second kappa shape index (κ2) is 12.7. The minimum atomic E-state index is -4.11. The topological polar surface area (TPSA) is 86.8 Å². The quantitative estimate of drug-likeness (QED) is 0.352. The molecule has 3 aromatic rings. The van der Waals surface area contributed by atoms with E-state index in [1.807, 2.05) is 19.9 Å². The van der Waals surface area contributed by atoms with Gasteiger partial charge in [0.25, 0.3) is 10.0 Å². The molecular weight excluding hydrogens is 545 g/mol. The van der Waals surface area contributed by atoms with E-state index < -0.39 is 28.5 Å². The molecule has 0 fully saturated rings. The Labute approximate surface area is 234 Å². The maximum atomic E-state index is 13.9. The number of carbonyl (C=O) groups is 2. The molecule has 0 aliphatic rings. The van der Waals surface area contributed by atoms with Crippen molar-refractivity contribution < 1.29 is 18.0 Å². The maximum Gasteiger partial charge on any atom is 0.264 e. The number of halogens is 2. The Morgan fingerprint density at radius 2 is 1.55 bits per heavy atom. The van der Waals surface area contributed by atoms with Gasteiger partial charge in [-0.2, -0.15) is 0 Å². The molecule has 0 aliphatic heterocycles. The first-order valence-corrected chi connectivity index (χ1v) is 14.3. The van der Waals surface area contributed by atoms with Gasteiger partial charge in [-0.15, -0.1) is 0 Å². The second-order valence-electron chi connectivity index (χ2n) is 8.98. The van der Waals surface area contributed by atoms with E-state index in [4.69, 9.17) is 23.2 Å². The summed E-state index contributed by atoms with van der Waals surface area (Å²) in [7, 11) is -2.62. The molecule has 202 valence electrons. The van der Waals surface area contributed by atoms with Crippen molar-refractivity contribution in [2.75, 3.05) is 17.9 Å². The van der Waals surface area contributed by atoms with E-state index in [0.717, 1.165) is 15.4 Å². The van der Waals surface area contributed by atoms with E-state index in [9.17, 15) is 18.0 Å². The first-order chi connectivity index (χ1) is 18.0. The van der Waals surface area contributed by atoms with Crippen LogP contribution in [0, 0.1) is 13.8 Å². The maximum absolute atomic E-state index is 13.9. The largest absolute Gasteiger partial charge is 0.357 e. The average Bonchev–Trinajstić information content (AvgIpc) is 2.88. The zero-order valence-electron chi connectivity index (χ0n) is 21.7. The molecule has 0 aromatic heterocycles. The van der Waals surface area contributed by atoms with Crippen molar-refractivity contribution >= 4 is 50.7 Å². The van der Waals surface area contributed by atoms with E-state index in [0.29, 0.717) is 27.7 Å². The number of likely N-dealkylation sites (N-methyl/N-ethyl adjacent to an activating group) is 1. The fraction of sp³-hybridized carbons (Fsp3) is 0.286. The van der Waals surface area contributed by atoms with Crippen molar-refractivity contribution in [2.24, 2.45) is 0 Å². The molecule has 10 heteroatoms. The number of rotatable bonds is 10. The molecular formula is C28H31Cl2N3O4S. The van der Waals surface area contributed by atoms with Crippen molar-refractivity contribution in [3.63, 3.8) is 0 Å². The van der Waals surface area contributed by atoms with Gasteiger partial charge in [-0.1, -0.05) is 60.5 Å². The number of anilines is 1. The molecule has 1 atom stereocenters. The lowest BCUT2D eigenvalue weighted by atomic mass is 10.1. The van der Waals surface area contributed by atoms with Crippen LogP contribution in [0.15, 0.2) is 71.6 Å². The summed E-state index contributed by atoms with van der Waals surface area (Å²) in [6.07, 6.45) is 0.321. The van der Waals surface area contributed by atoms with Gasteiger partial charge in [-0.05, 0) is 73.4 Å². The standard InChI is InChI=1S/C28H31Cl2N3O4S/c1-5-26(28(35)31-4)32(17-21-11-12-24(29)25(30)16-21)27(34)18-33(22-14-19(2)13-20(3)15-22)38(36,37)23-9-7-6-8-10-23/h6-16,26H,5,17-18H2,1-4H3,(H,31,35). The van der Waals surface area contributed by atoms with Gasteiger partial charge in [-0.3, -0.25) is 13.9 Å². The molecule has 1 N–H and O–H groups in total. The van der Waals surface area contributed by atoms with E-state index >= 15 is 0 Å². The van der Waals surface area contributed by atoms with Crippen molar-refractivity contribution in [2.45, 2.75) is 44.7 Å². The normalized spacial score (nSPS) is 12.1. The summed E-state index contributed by atoms with van der Waals surface area (Å²) in [5.41, 5.74) is 2.72. The van der Waals surface area contributed by atoms with Crippen molar-refractivity contribution in [1.82, 2.24) is 10.2 Å². The van der Waals surface area contributed by atoms with E-state index in [-0.39, 0.29) is 17.3 Å². The van der Waals surface area contributed by atoms with Crippen LogP contribution in [0.3, 0.4) is 0 Å². The van der Waals surface area contributed by atoms with Gasteiger partial charge >= 0.3 is 0 Å². The monoisotopic (exact) mass is 575 g/mol. The number of benzene rings is 3. The minimum Gasteiger partial charge on any atom is -0.357 e. The summed E-state index contributed by atoms with van der Waals surface area (Å²) in [5.74, 6) is -0.894. The van der Waals surface area contributed by atoms with E-state index in [2.05, 4.69) is 5.32 Å². The molecule has 0 radical (unpaired) electrons. The van der Waals surface area contributed by atoms with Crippen molar-refractivity contribution in [3.05, 3.63) is 93.5 Å². The Kier molecular flexibility index (Phi) is 9.82. The Bertz CT molecular complexity index is 1390. The lowest BCUT2D eigenvalue weighted by Gasteiger charge is -2.33. The summed E-state index contributed by atoms with van der Waals surface area (Å²) in [4.78, 5) is 28.2. The molecule has 0 heterocycles. The Morgan fingerprint density at radius 1 is 0.921 bits per heavy atom. The van der Waals surface area contributed by atoms with Gasteiger partial charge < -0.3 is 10.2 Å². The van der Waals surface area contributed by atoms with Crippen LogP contribution in [0.2, 0.25) is 10.0 Å². The summed E-state index contributed by atoms with van der Waals surface area (Å²) < 4.78 is 28.8. The van der Waals surface area contributed by atoms with Crippen LogP contribution in [0.1, 0.15) is 30.0 Å². The molecule has 2 amide bonds. The Hall–Kier alpha value is -3.07. The number of hydrogen-bond donors (Lipinski definition) is 1. The van der Waals surface area contributed by atoms with Crippen LogP contribution in [0.5, 0.6) is 0 Å². The molecule has 1 unspecified atom stereocenters. The van der Waals surface area contributed by atoms with Gasteiger partial charge in [0, 0.05) is 13.6 Å². The predicted octanol–water partition coefficient (Wildman–Crippen LogP) is 5.36. The number of sulfonamides is 1. The van der Waals surface area contributed by atoms with Crippen molar-refractivity contribution in [1.29, 1.82) is 0 Å². The second-order valence-corrected chi connectivity index (χ2v) is 11.7. The number of carbonyl (C=O) groups excluding carboxylic acids is 2. The molecule has 3 rings (SSSR count). The minimum absolute atomic E-state index is 0.0354. The van der Waals surface area contributed by atoms with Crippen molar-refractivity contribution in [3.8, 4) is 0 Å². The lowest BCUT2D eigenvalue weighted by molar-refractivity contribution is -0.140. The van der Waals surface area contributed by atoms with Gasteiger partial charge in [0.05, 0.1) is 20.6 Å². The highest BCUT2D eigenvalue weighted by Gasteiger charge is 2.33. The number of nitrogens with one attached hydrogen (secondary N) is 1. The number of hydrogen-bond acceptors (Lipinski definition) is 4. The Balaban J connectivity index is 2.09. The number of amides is 2. The average molecular weight is 577 g/mol. The first kappa shape index (κ1) is 29.5. The van der Waals surface area contributed by atoms with E-state index in [1.54, 1.807) is 55.5 Å². The third-order valence-electron chi connectivity index (χ3n) is 6.07. The highest BCUT2D eigenvalue weighted by molar-refractivity contribution is 7.92. The van der Waals surface area contributed by atoms with Crippen LogP contribution in [-0.4, -0.2) is 44.8 Å². The Morgan fingerprint density at radius 3 is 2.11 bits per heavy atom. The molecule has 3 aromatic carbocycles. The summed E-state index contributed by atoms with van der Waals surface area (Å²) >= 11 is 12.3. The van der Waals surface area contributed by atoms with Crippen LogP contribution in [0.4, 0.5) is 5.69 Å².